The number of hydrogen-bond donors (Lipinski definition) is 1. The Bertz CT molecular complexity index is 487. The van der Waals surface area contributed by atoms with Gasteiger partial charge in [0.2, 0.25) is 0 Å². The molecule has 0 radical (unpaired) electrons. The van der Waals surface area contributed by atoms with Gasteiger partial charge in [0.05, 0.1) is 24.7 Å². The molecule has 1 fully saturated rings. The molecule has 0 atom stereocenters. The second kappa shape index (κ2) is 5.78. The summed E-state index contributed by atoms with van der Waals surface area (Å²) in [6.45, 7) is 2.95. The Hall–Kier alpha value is -1.97. The van der Waals surface area contributed by atoms with E-state index in [2.05, 4.69) is 27.3 Å². The lowest BCUT2D eigenvalue weighted by molar-refractivity contribution is 0.518. The summed E-state index contributed by atoms with van der Waals surface area (Å²) in [5.74, 6) is 2.02. The fraction of sp³-hybridized carbons (Fsp3) is 0.400. The molecule has 1 N–H and O–H groups in total. The molecule has 4 heteroatoms. The van der Waals surface area contributed by atoms with Gasteiger partial charge in [-0.2, -0.15) is 0 Å². The minimum Gasteiger partial charge on any atom is -0.467 e. The summed E-state index contributed by atoms with van der Waals surface area (Å²) < 4.78 is 5.28. The third-order valence-electron chi connectivity index (χ3n) is 3.47. The molecule has 1 aliphatic rings. The maximum Gasteiger partial charge on any atom is 0.128 e. The Morgan fingerprint density at radius 1 is 1.16 bits per heavy atom. The quantitative estimate of drug-likeness (QED) is 0.912. The number of nitrogens with one attached hydrogen (secondary N) is 1. The molecule has 3 rings (SSSR count). The van der Waals surface area contributed by atoms with Crippen molar-refractivity contribution < 1.29 is 4.42 Å². The van der Waals surface area contributed by atoms with Gasteiger partial charge in [0.15, 0.2) is 0 Å². The topological polar surface area (TPSA) is 41.3 Å². The molecule has 0 unspecified atom stereocenters. The summed E-state index contributed by atoms with van der Waals surface area (Å²) in [4.78, 5) is 6.90. The molecular formula is C15H19N3O. The predicted octanol–water partition coefficient (Wildman–Crippen LogP) is 3.28. The van der Waals surface area contributed by atoms with Crippen molar-refractivity contribution in [1.29, 1.82) is 0 Å². The molecule has 0 amide bonds. The summed E-state index contributed by atoms with van der Waals surface area (Å²) in [6, 6.07) is 8.03. The number of hydrogen-bond acceptors (Lipinski definition) is 4. The van der Waals surface area contributed by atoms with Gasteiger partial charge in [0.25, 0.3) is 0 Å². The van der Waals surface area contributed by atoms with Crippen LogP contribution in [0.2, 0.25) is 0 Å². The average molecular weight is 257 g/mol. The van der Waals surface area contributed by atoms with E-state index in [-0.39, 0.29) is 0 Å². The molecule has 0 aliphatic carbocycles. The molecule has 0 spiro atoms. The van der Waals surface area contributed by atoms with Gasteiger partial charge in [-0.25, -0.2) is 4.98 Å². The lowest BCUT2D eigenvalue weighted by atomic mass is 10.1. The summed E-state index contributed by atoms with van der Waals surface area (Å²) in [6.07, 6.45) is 7.49. The van der Waals surface area contributed by atoms with Crippen molar-refractivity contribution in [2.75, 3.05) is 23.3 Å². The largest absolute Gasteiger partial charge is 0.467 e. The number of aromatic nitrogens is 1. The third-order valence-corrected chi connectivity index (χ3v) is 3.47. The number of piperidine rings is 1. The van der Waals surface area contributed by atoms with E-state index >= 15 is 0 Å². The van der Waals surface area contributed by atoms with E-state index in [1.54, 1.807) is 6.26 Å². The molecule has 100 valence electrons. The number of nitrogens with zero attached hydrogens (tertiary/aromatic N) is 2. The predicted molar refractivity (Wildman–Crippen MR) is 76.3 cm³/mol. The highest BCUT2D eigenvalue weighted by Gasteiger charge is 2.11. The highest BCUT2D eigenvalue weighted by atomic mass is 16.3. The number of rotatable bonds is 4. The van der Waals surface area contributed by atoms with E-state index < -0.39 is 0 Å². The van der Waals surface area contributed by atoms with Crippen molar-refractivity contribution >= 4 is 11.5 Å². The van der Waals surface area contributed by atoms with Crippen LogP contribution in [0.15, 0.2) is 41.1 Å². The standard InChI is InChI=1S/C15H19N3O/c1-2-8-18(9-3-1)15-7-6-13(11-17-15)16-12-14-5-4-10-19-14/h4-7,10-11,16H,1-3,8-9,12H2. The van der Waals surface area contributed by atoms with Crippen molar-refractivity contribution in [3.63, 3.8) is 0 Å². The lowest BCUT2D eigenvalue weighted by Crippen LogP contribution is -2.30. The van der Waals surface area contributed by atoms with Gasteiger partial charge in [0.1, 0.15) is 11.6 Å². The van der Waals surface area contributed by atoms with E-state index in [1.165, 1.54) is 19.3 Å². The molecular weight excluding hydrogens is 238 g/mol. The SMILES string of the molecule is c1coc(CNc2ccc(N3CCCCC3)nc2)c1. The molecule has 1 aliphatic heterocycles. The first-order chi connectivity index (χ1) is 9.42. The van der Waals surface area contributed by atoms with Gasteiger partial charge in [-0.05, 0) is 43.5 Å². The van der Waals surface area contributed by atoms with Crippen molar-refractivity contribution in [3.05, 3.63) is 42.5 Å². The van der Waals surface area contributed by atoms with Gasteiger partial charge < -0.3 is 14.6 Å². The minimum atomic E-state index is 0.692. The first-order valence-corrected chi connectivity index (χ1v) is 6.89. The second-order valence-corrected chi connectivity index (χ2v) is 4.89. The van der Waals surface area contributed by atoms with Crippen LogP contribution in [0.3, 0.4) is 0 Å². The maximum absolute atomic E-state index is 5.28. The number of furan rings is 1. The number of anilines is 2. The van der Waals surface area contributed by atoms with E-state index in [0.717, 1.165) is 30.4 Å². The van der Waals surface area contributed by atoms with Crippen LogP contribution in [-0.4, -0.2) is 18.1 Å². The summed E-state index contributed by atoms with van der Waals surface area (Å²) in [5.41, 5.74) is 1.03. The summed E-state index contributed by atoms with van der Waals surface area (Å²) in [7, 11) is 0. The second-order valence-electron chi connectivity index (χ2n) is 4.89. The molecule has 0 aromatic carbocycles. The molecule has 2 aromatic heterocycles. The van der Waals surface area contributed by atoms with E-state index in [0.29, 0.717) is 6.54 Å². The van der Waals surface area contributed by atoms with Crippen molar-refractivity contribution in [3.8, 4) is 0 Å². The third kappa shape index (κ3) is 3.08. The Morgan fingerprint density at radius 3 is 2.74 bits per heavy atom. The van der Waals surface area contributed by atoms with Crippen LogP contribution in [0.5, 0.6) is 0 Å². The van der Waals surface area contributed by atoms with Gasteiger partial charge >= 0.3 is 0 Å². The molecule has 4 nitrogen and oxygen atoms in total. The Balaban J connectivity index is 1.58. The van der Waals surface area contributed by atoms with Gasteiger partial charge in [-0.3, -0.25) is 0 Å². The molecule has 1 saturated heterocycles. The van der Waals surface area contributed by atoms with Crippen LogP contribution in [0, 0.1) is 0 Å². The van der Waals surface area contributed by atoms with Gasteiger partial charge in [-0.1, -0.05) is 0 Å². The Morgan fingerprint density at radius 2 is 2.05 bits per heavy atom. The molecule has 19 heavy (non-hydrogen) atoms. The van der Waals surface area contributed by atoms with Crippen LogP contribution >= 0.6 is 0 Å². The Labute approximate surface area is 113 Å². The highest BCUT2D eigenvalue weighted by Crippen LogP contribution is 2.19. The zero-order valence-electron chi connectivity index (χ0n) is 11.0. The monoisotopic (exact) mass is 257 g/mol. The van der Waals surface area contributed by atoms with Crippen LogP contribution in [0.1, 0.15) is 25.0 Å². The summed E-state index contributed by atoms with van der Waals surface area (Å²) in [5, 5.41) is 3.30. The van der Waals surface area contributed by atoms with Crippen molar-refractivity contribution in [2.45, 2.75) is 25.8 Å². The van der Waals surface area contributed by atoms with E-state index in [9.17, 15) is 0 Å². The molecule has 0 saturated carbocycles. The average Bonchev–Trinajstić information content (AvgIpc) is 3.00. The van der Waals surface area contributed by atoms with Crippen LogP contribution in [0.25, 0.3) is 0 Å². The minimum absolute atomic E-state index is 0.692. The van der Waals surface area contributed by atoms with Gasteiger partial charge in [0, 0.05) is 13.1 Å². The Kier molecular flexibility index (Phi) is 3.68. The zero-order chi connectivity index (χ0) is 12.9. The molecule has 0 bridgehead atoms. The highest BCUT2D eigenvalue weighted by molar-refractivity contribution is 5.48. The normalized spacial score (nSPS) is 15.5. The maximum atomic E-state index is 5.28. The lowest BCUT2D eigenvalue weighted by Gasteiger charge is -2.27. The van der Waals surface area contributed by atoms with E-state index in [1.807, 2.05) is 18.3 Å². The van der Waals surface area contributed by atoms with Crippen molar-refractivity contribution in [1.82, 2.24) is 4.98 Å². The fourth-order valence-corrected chi connectivity index (χ4v) is 2.40. The summed E-state index contributed by atoms with van der Waals surface area (Å²) >= 11 is 0. The van der Waals surface area contributed by atoms with Crippen LogP contribution in [-0.2, 0) is 6.54 Å². The fourth-order valence-electron chi connectivity index (χ4n) is 2.40. The first-order valence-electron chi connectivity index (χ1n) is 6.89. The molecule has 3 heterocycles. The van der Waals surface area contributed by atoms with Crippen LogP contribution in [0.4, 0.5) is 11.5 Å². The smallest absolute Gasteiger partial charge is 0.128 e. The van der Waals surface area contributed by atoms with Crippen LogP contribution < -0.4 is 10.2 Å². The zero-order valence-corrected chi connectivity index (χ0v) is 11.0. The first kappa shape index (κ1) is 12.1. The van der Waals surface area contributed by atoms with Crippen molar-refractivity contribution in [2.24, 2.45) is 0 Å². The molecule has 2 aromatic rings. The van der Waals surface area contributed by atoms with E-state index in [4.69, 9.17) is 4.42 Å². The van der Waals surface area contributed by atoms with Gasteiger partial charge in [-0.15, -0.1) is 0 Å². The number of pyridine rings is 1.